The predicted molar refractivity (Wildman–Crippen MR) is 72.6 cm³/mol. The van der Waals surface area contributed by atoms with E-state index in [-0.39, 0.29) is 5.91 Å². The van der Waals surface area contributed by atoms with Gasteiger partial charge in [-0.2, -0.15) is 4.79 Å². The summed E-state index contributed by atoms with van der Waals surface area (Å²) in [5, 5.41) is 2.84. The van der Waals surface area contributed by atoms with Gasteiger partial charge in [-0.15, -0.1) is 0 Å². The third-order valence-corrected chi connectivity index (χ3v) is 2.66. The van der Waals surface area contributed by atoms with E-state index < -0.39 is 0 Å². The maximum atomic E-state index is 11.6. The van der Waals surface area contributed by atoms with Crippen LogP contribution >= 0.6 is 0 Å². The number of carbonyl (C=O) groups excluding carboxylic acids is 1. The number of amides is 1. The average molecular weight is 245 g/mol. The number of benzene rings is 1. The van der Waals surface area contributed by atoms with Gasteiger partial charge in [0.1, 0.15) is 0 Å². The van der Waals surface area contributed by atoms with E-state index in [1.807, 2.05) is 0 Å². The van der Waals surface area contributed by atoms with Crippen molar-refractivity contribution in [3.8, 4) is 0 Å². The topological polar surface area (TPSA) is 65.5 Å². The van der Waals surface area contributed by atoms with E-state index in [0.29, 0.717) is 6.42 Å². The van der Waals surface area contributed by atoms with Crippen molar-refractivity contribution in [1.82, 2.24) is 0 Å². The first-order chi connectivity index (χ1) is 8.76. The first kappa shape index (κ1) is 14.1. The van der Waals surface area contributed by atoms with Gasteiger partial charge in [0.25, 0.3) is 6.21 Å². The Hall–Kier alpha value is -1.93. The van der Waals surface area contributed by atoms with E-state index >= 15 is 0 Å². The smallest absolute Gasteiger partial charge is 0.287 e. The molecule has 0 aromatic heterocycles. The molecule has 0 bridgehead atoms. The van der Waals surface area contributed by atoms with E-state index in [1.165, 1.54) is 19.1 Å². The van der Waals surface area contributed by atoms with Crippen molar-refractivity contribution >= 4 is 17.8 Å². The molecule has 1 aromatic carbocycles. The monoisotopic (exact) mass is 245 g/mol. The number of carbonyl (C=O) groups is 1. The quantitative estimate of drug-likeness (QED) is 0.341. The number of anilines is 1. The number of hydrogen-bond acceptors (Lipinski definition) is 1. The van der Waals surface area contributed by atoms with Crippen molar-refractivity contribution in [3.63, 3.8) is 0 Å². The summed E-state index contributed by atoms with van der Waals surface area (Å²) in [4.78, 5) is 14.6. The van der Waals surface area contributed by atoms with Gasteiger partial charge in [0.05, 0.1) is 5.56 Å². The Labute approximate surface area is 108 Å². The lowest BCUT2D eigenvalue weighted by Gasteiger charge is -2.04. The molecule has 4 nitrogen and oxygen atoms in total. The third-order valence-electron chi connectivity index (χ3n) is 2.66. The van der Waals surface area contributed by atoms with Gasteiger partial charge in [0.15, 0.2) is 0 Å². The lowest BCUT2D eigenvalue weighted by Crippen LogP contribution is -2.10. The average Bonchev–Trinajstić information content (AvgIpc) is 2.37. The fourth-order valence-corrected chi connectivity index (χ4v) is 1.66. The Morgan fingerprint density at radius 3 is 2.61 bits per heavy atom. The van der Waals surface area contributed by atoms with Gasteiger partial charge in [-0.05, 0) is 30.7 Å². The molecule has 0 saturated heterocycles. The van der Waals surface area contributed by atoms with E-state index in [0.717, 1.165) is 24.1 Å². The summed E-state index contributed by atoms with van der Waals surface area (Å²) in [5.74, 6) is 0.0506. The Bertz CT molecular complexity index is 419. The van der Waals surface area contributed by atoms with Crippen LogP contribution in [0.3, 0.4) is 0 Å². The summed E-state index contributed by atoms with van der Waals surface area (Å²) < 4.78 is 0. The zero-order chi connectivity index (χ0) is 13.2. The van der Waals surface area contributed by atoms with Crippen molar-refractivity contribution in [2.75, 3.05) is 5.32 Å². The second kappa shape index (κ2) is 8.20. The summed E-state index contributed by atoms with van der Waals surface area (Å²) in [6.45, 7) is 2.15. The lowest BCUT2D eigenvalue weighted by atomic mass is 10.1. The van der Waals surface area contributed by atoms with Crippen molar-refractivity contribution in [2.24, 2.45) is 0 Å². The highest BCUT2D eigenvalue weighted by atomic mass is 16.1. The first-order valence-corrected chi connectivity index (χ1v) is 6.33. The Balaban J connectivity index is 2.37. The Morgan fingerprint density at radius 2 is 2.00 bits per heavy atom. The molecule has 18 heavy (non-hydrogen) atoms. The predicted octanol–water partition coefficient (Wildman–Crippen LogP) is 3.24. The summed E-state index contributed by atoms with van der Waals surface area (Å²) >= 11 is 0. The molecule has 0 aliphatic rings. The molecule has 0 fully saturated rings. The molecule has 0 atom stereocenters. The molecule has 4 heteroatoms. The van der Waals surface area contributed by atoms with Crippen molar-refractivity contribution < 1.29 is 9.58 Å². The van der Waals surface area contributed by atoms with Crippen LogP contribution in [0.1, 0.15) is 44.6 Å². The number of rotatable bonds is 7. The van der Waals surface area contributed by atoms with Gasteiger partial charge in [0.2, 0.25) is 5.91 Å². The Morgan fingerprint density at radius 1 is 1.28 bits per heavy atom. The molecule has 0 radical (unpaired) electrons. The molecule has 0 spiro atoms. The number of hydrogen-bond donors (Lipinski definition) is 1. The van der Waals surface area contributed by atoms with Crippen LogP contribution in [0, 0.1) is 0 Å². The summed E-state index contributed by atoms with van der Waals surface area (Å²) in [6, 6.07) is 7.15. The number of nitrogens with one attached hydrogen (secondary N) is 1. The zero-order valence-electron chi connectivity index (χ0n) is 10.7. The second-order valence-electron chi connectivity index (χ2n) is 4.23. The number of unbranched alkanes of at least 4 members (excludes halogenated alkanes) is 3. The SMILES string of the molecule is CCCCCCC(=O)Nc1ccc(C=[N+]=[N-])cc1. The largest absolute Gasteiger partial charge is 0.361 e. The normalized spacial score (nSPS) is 9.61. The number of nitrogens with zero attached hydrogens (tertiary/aromatic N) is 2. The van der Waals surface area contributed by atoms with Crippen molar-refractivity contribution in [1.29, 1.82) is 0 Å². The minimum Gasteiger partial charge on any atom is -0.361 e. The maximum absolute atomic E-state index is 11.6. The molecule has 1 rings (SSSR count). The van der Waals surface area contributed by atoms with Gasteiger partial charge in [-0.1, -0.05) is 26.2 Å². The van der Waals surface area contributed by atoms with Crippen molar-refractivity contribution in [3.05, 3.63) is 35.4 Å². The van der Waals surface area contributed by atoms with Gasteiger partial charge in [-0.3, -0.25) is 4.79 Å². The molecule has 0 heterocycles. The van der Waals surface area contributed by atoms with Crippen LogP contribution in [-0.2, 0) is 4.79 Å². The van der Waals surface area contributed by atoms with Gasteiger partial charge in [0, 0.05) is 12.1 Å². The molecule has 0 saturated carbocycles. The first-order valence-electron chi connectivity index (χ1n) is 6.33. The van der Waals surface area contributed by atoms with E-state index in [9.17, 15) is 4.79 Å². The molecule has 0 aliphatic carbocycles. The van der Waals surface area contributed by atoms with Crippen LogP contribution < -0.4 is 5.32 Å². The highest BCUT2D eigenvalue weighted by Gasteiger charge is 2.02. The molecular formula is C14H19N3O. The molecule has 0 aliphatic heterocycles. The van der Waals surface area contributed by atoms with E-state index in [4.69, 9.17) is 5.53 Å². The summed E-state index contributed by atoms with van der Waals surface area (Å²) in [5.41, 5.74) is 9.93. The van der Waals surface area contributed by atoms with Gasteiger partial charge in [-0.25, -0.2) is 0 Å². The highest BCUT2D eigenvalue weighted by Crippen LogP contribution is 2.10. The van der Waals surface area contributed by atoms with Crippen LogP contribution in [0.15, 0.2) is 24.3 Å². The molecule has 1 aromatic rings. The zero-order valence-corrected chi connectivity index (χ0v) is 10.7. The minimum absolute atomic E-state index is 0.0506. The highest BCUT2D eigenvalue weighted by molar-refractivity contribution is 5.91. The molecule has 1 amide bonds. The standard InChI is InChI=1S/C14H19N3O/c1-2-3-4-5-6-14(18)17-13-9-7-12(8-10-13)11-16-15/h7-11H,2-6H2,1H3,(H,17,18). The van der Waals surface area contributed by atoms with Gasteiger partial charge >= 0.3 is 0 Å². The van der Waals surface area contributed by atoms with Crippen LogP contribution in [0.25, 0.3) is 5.53 Å². The lowest BCUT2D eigenvalue weighted by molar-refractivity contribution is -0.116. The Kier molecular flexibility index (Phi) is 6.44. The van der Waals surface area contributed by atoms with Crippen LogP contribution in [0.4, 0.5) is 5.69 Å². The third kappa shape index (κ3) is 5.41. The molecule has 96 valence electrons. The fraction of sp³-hybridized carbons (Fsp3) is 0.429. The van der Waals surface area contributed by atoms with Crippen molar-refractivity contribution in [2.45, 2.75) is 39.0 Å². The summed E-state index contributed by atoms with van der Waals surface area (Å²) in [6.07, 6.45) is 6.32. The van der Waals surface area contributed by atoms with E-state index in [1.54, 1.807) is 24.3 Å². The van der Waals surface area contributed by atoms with E-state index in [2.05, 4.69) is 17.0 Å². The second-order valence-corrected chi connectivity index (χ2v) is 4.23. The maximum Gasteiger partial charge on any atom is 0.287 e. The minimum atomic E-state index is 0.0506. The molecule has 1 N–H and O–H groups in total. The fourth-order valence-electron chi connectivity index (χ4n) is 1.66. The van der Waals surface area contributed by atoms with Crippen LogP contribution in [0.5, 0.6) is 0 Å². The molecular weight excluding hydrogens is 226 g/mol. The van der Waals surface area contributed by atoms with Crippen LogP contribution in [-0.4, -0.2) is 16.9 Å². The molecule has 0 unspecified atom stereocenters. The van der Waals surface area contributed by atoms with Gasteiger partial charge < -0.3 is 10.8 Å². The summed E-state index contributed by atoms with van der Waals surface area (Å²) in [7, 11) is 0. The van der Waals surface area contributed by atoms with Crippen LogP contribution in [0.2, 0.25) is 0 Å².